The fraction of sp³-hybridized carbons (Fsp3) is 0.154. The van der Waals surface area contributed by atoms with Crippen LogP contribution in [0.5, 0.6) is 5.75 Å². The second-order valence-corrected chi connectivity index (χ2v) is 7.31. The number of hydrogen-bond donors (Lipinski definition) is 1. The molecule has 4 nitrogen and oxygen atoms in total. The molecule has 30 heavy (non-hydrogen) atoms. The van der Waals surface area contributed by atoms with E-state index >= 15 is 0 Å². The molecule has 150 valence electrons. The Bertz CT molecular complexity index is 1200. The number of pyridine rings is 1. The zero-order valence-electron chi connectivity index (χ0n) is 17.4. The van der Waals surface area contributed by atoms with Crippen molar-refractivity contribution in [2.24, 2.45) is 0 Å². The van der Waals surface area contributed by atoms with Crippen molar-refractivity contribution in [1.82, 2.24) is 4.98 Å². The molecule has 0 fully saturated rings. The van der Waals surface area contributed by atoms with Crippen molar-refractivity contribution in [2.75, 3.05) is 12.4 Å². The number of carbonyl (C=O) groups excluding carboxylic acids is 1. The van der Waals surface area contributed by atoms with Gasteiger partial charge in [-0.1, -0.05) is 30.7 Å². The van der Waals surface area contributed by atoms with Gasteiger partial charge in [-0.2, -0.15) is 0 Å². The molecule has 0 bridgehead atoms. The molecule has 0 spiro atoms. The van der Waals surface area contributed by atoms with Crippen LogP contribution in [0.1, 0.15) is 28.4 Å². The average Bonchev–Trinajstić information content (AvgIpc) is 2.79. The maximum absolute atomic E-state index is 13.2. The van der Waals surface area contributed by atoms with Gasteiger partial charge in [0.1, 0.15) is 5.75 Å². The quantitative estimate of drug-likeness (QED) is 0.448. The highest BCUT2D eigenvalue weighted by Crippen LogP contribution is 2.28. The molecular weight excluding hydrogens is 372 g/mol. The number of aromatic nitrogens is 1. The predicted octanol–water partition coefficient (Wildman–Crippen LogP) is 6.03. The van der Waals surface area contributed by atoms with Crippen molar-refractivity contribution < 1.29 is 9.53 Å². The fourth-order valence-electron chi connectivity index (χ4n) is 3.43. The van der Waals surface area contributed by atoms with E-state index in [2.05, 4.69) is 24.4 Å². The lowest BCUT2D eigenvalue weighted by Gasteiger charge is -2.12. The third-order valence-corrected chi connectivity index (χ3v) is 5.22. The van der Waals surface area contributed by atoms with Gasteiger partial charge in [0.25, 0.3) is 5.91 Å². The Labute approximate surface area is 176 Å². The molecule has 4 heteroatoms. The van der Waals surface area contributed by atoms with Gasteiger partial charge in [0.05, 0.1) is 23.9 Å². The van der Waals surface area contributed by atoms with E-state index < -0.39 is 0 Å². The number of fused-ring (bicyclic) bond motifs is 1. The number of benzene rings is 3. The largest absolute Gasteiger partial charge is 0.497 e. The van der Waals surface area contributed by atoms with Crippen LogP contribution < -0.4 is 10.1 Å². The Kier molecular flexibility index (Phi) is 5.48. The van der Waals surface area contributed by atoms with E-state index in [0.29, 0.717) is 5.56 Å². The van der Waals surface area contributed by atoms with Crippen molar-refractivity contribution in [3.63, 3.8) is 0 Å². The number of methoxy groups -OCH3 is 1. The number of rotatable bonds is 5. The number of anilines is 1. The summed E-state index contributed by atoms with van der Waals surface area (Å²) in [5.41, 5.74) is 6.19. The summed E-state index contributed by atoms with van der Waals surface area (Å²) >= 11 is 0. The van der Waals surface area contributed by atoms with Gasteiger partial charge in [0, 0.05) is 16.6 Å². The fourth-order valence-corrected chi connectivity index (χ4v) is 3.43. The van der Waals surface area contributed by atoms with E-state index in [-0.39, 0.29) is 5.91 Å². The van der Waals surface area contributed by atoms with E-state index in [1.807, 2.05) is 67.6 Å². The van der Waals surface area contributed by atoms with Crippen LogP contribution in [0, 0.1) is 6.92 Å². The highest BCUT2D eigenvalue weighted by molar-refractivity contribution is 6.13. The molecule has 1 amide bonds. The summed E-state index contributed by atoms with van der Waals surface area (Å²) in [6.45, 7) is 4.13. The van der Waals surface area contributed by atoms with Crippen molar-refractivity contribution in [3.05, 3.63) is 89.5 Å². The minimum atomic E-state index is -0.144. The van der Waals surface area contributed by atoms with E-state index in [0.717, 1.165) is 45.6 Å². The highest BCUT2D eigenvalue weighted by Gasteiger charge is 2.15. The van der Waals surface area contributed by atoms with Crippen LogP contribution in [-0.2, 0) is 6.42 Å². The van der Waals surface area contributed by atoms with Gasteiger partial charge in [-0.05, 0) is 73.5 Å². The first-order valence-corrected chi connectivity index (χ1v) is 10.0. The number of amides is 1. The molecule has 1 aromatic heterocycles. The van der Waals surface area contributed by atoms with Crippen molar-refractivity contribution >= 4 is 22.5 Å². The minimum absolute atomic E-state index is 0.144. The van der Waals surface area contributed by atoms with Crippen molar-refractivity contribution in [1.29, 1.82) is 0 Å². The zero-order valence-corrected chi connectivity index (χ0v) is 17.4. The summed E-state index contributed by atoms with van der Waals surface area (Å²) < 4.78 is 5.25. The maximum atomic E-state index is 13.2. The molecule has 0 aliphatic heterocycles. The molecule has 3 aromatic carbocycles. The topological polar surface area (TPSA) is 51.2 Å². The molecule has 0 unspecified atom stereocenters. The number of aryl methyl sites for hydroxylation is 2. The van der Waals surface area contributed by atoms with Crippen LogP contribution in [0.15, 0.2) is 72.8 Å². The summed E-state index contributed by atoms with van der Waals surface area (Å²) in [7, 11) is 1.64. The smallest absolute Gasteiger partial charge is 0.256 e. The standard InChI is InChI=1S/C26H24N2O2/c1-4-18-7-14-24-22(15-18)23(26(29)27-20-10-5-17(2)6-11-20)16-25(28-24)19-8-12-21(30-3)13-9-19/h5-16H,4H2,1-3H3,(H,27,29). The van der Waals surface area contributed by atoms with E-state index in [9.17, 15) is 4.79 Å². The van der Waals surface area contributed by atoms with E-state index in [1.165, 1.54) is 5.56 Å². The molecule has 1 heterocycles. The van der Waals surface area contributed by atoms with Gasteiger partial charge in [-0.15, -0.1) is 0 Å². The highest BCUT2D eigenvalue weighted by atomic mass is 16.5. The van der Waals surface area contributed by atoms with Gasteiger partial charge in [0.2, 0.25) is 0 Å². The van der Waals surface area contributed by atoms with Gasteiger partial charge in [0.15, 0.2) is 0 Å². The first-order chi connectivity index (χ1) is 14.6. The van der Waals surface area contributed by atoms with Crippen molar-refractivity contribution in [3.8, 4) is 17.0 Å². The SMILES string of the molecule is CCc1ccc2nc(-c3ccc(OC)cc3)cc(C(=O)Nc3ccc(C)cc3)c2c1. The molecule has 0 atom stereocenters. The number of nitrogens with one attached hydrogen (secondary N) is 1. The molecule has 0 aliphatic carbocycles. The zero-order chi connectivity index (χ0) is 21.1. The monoisotopic (exact) mass is 396 g/mol. The van der Waals surface area contributed by atoms with E-state index in [4.69, 9.17) is 9.72 Å². The summed E-state index contributed by atoms with van der Waals surface area (Å²) in [4.78, 5) is 18.1. The van der Waals surface area contributed by atoms with Crippen LogP contribution in [0.3, 0.4) is 0 Å². The summed E-state index contributed by atoms with van der Waals surface area (Å²) in [6.07, 6.45) is 0.898. The van der Waals surface area contributed by atoms with Crippen LogP contribution in [0.2, 0.25) is 0 Å². The lowest BCUT2D eigenvalue weighted by Crippen LogP contribution is -2.13. The van der Waals surface area contributed by atoms with Crippen LogP contribution in [0.25, 0.3) is 22.2 Å². The second kappa shape index (κ2) is 8.37. The third-order valence-electron chi connectivity index (χ3n) is 5.22. The van der Waals surface area contributed by atoms with Crippen LogP contribution in [0.4, 0.5) is 5.69 Å². The van der Waals surface area contributed by atoms with Gasteiger partial charge >= 0.3 is 0 Å². The lowest BCUT2D eigenvalue weighted by molar-refractivity contribution is 0.102. The third kappa shape index (κ3) is 4.03. The normalized spacial score (nSPS) is 10.8. The Morgan fingerprint density at radius 1 is 0.967 bits per heavy atom. The van der Waals surface area contributed by atoms with E-state index in [1.54, 1.807) is 7.11 Å². The molecule has 0 saturated carbocycles. The second-order valence-electron chi connectivity index (χ2n) is 7.31. The molecule has 0 radical (unpaired) electrons. The van der Waals surface area contributed by atoms with Crippen LogP contribution in [-0.4, -0.2) is 18.0 Å². The molecule has 0 saturated heterocycles. The lowest BCUT2D eigenvalue weighted by atomic mass is 10.0. The van der Waals surface area contributed by atoms with Gasteiger partial charge in [-0.3, -0.25) is 4.79 Å². The van der Waals surface area contributed by atoms with Crippen LogP contribution >= 0.6 is 0 Å². The number of ether oxygens (including phenoxy) is 1. The average molecular weight is 396 g/mol. The first-order valence-electron chi connectivity index (χ1n) is 10.0. The number of carbonyl (C=O) groups is 1. The Morgan fingerprint density at radius 2 is 1.70 bits per heavy atom. The molecule has 1 N–H and O–H groups in total. The Balaban J connectivity index is 1.81. The molecule has 0 aliphatic rings. The minimum Gasteiger partial charge on any atom is -0.497 e. The molecular formula is C26H24N2O2. The number of nitrogens with zero attached hydrogens (tertiary/aromatic N) is 1. The molecule has 4 aromatic rings. The number of hydrogen-bond acceptors (Lipinski definition) is 3. The van der Waals surface area contributed by atoms with Gasteiger partial charge in [-0.25, -0.2) is 4.98 Å². The molecule has 4 rings (SSSR count). The van der Waals surface area contributed by atoms with Gasteiger partial charge < -0.3 is 10.1 Å². The first kappa shape index (κ1) is 19.6. The Hall–Kier alpha value is -3.66. The summed E-state index contributed by atoms with van der Waals surface area (Å²) in [5, 5.41) is 3.88. The maximum Gasteiger partial charge on any atom is 0.256 e. The summed E-state index contributed by atoms with van der Waals surface area (Å²) in [5.74, 6) is 0.638. The van der Waals surface area contributed by atoms with Crippen molar-refractivity contribution in [2.45, 2.75) is 20.3 Å². The Morgan fingerprint density at radius 3 is 2.37 bits per heavy atom. The summed E-state index contributed by atoms with van der Waals surface area (Å²) in [6, 6.07) is 23.5. The predicted molar refractivity (Wildman–Crippen MR) is 122 cm³/mol.